The summed E-state index contributed by atoms with van der Waals surface area (Å²) in [5.41, 5.74) is 1.17. The maximum atomic E-state index is 12.2. The summed E-state index contributed by atoms with van der Waals surface area (Å²) in [7, 11) is 0. The van der Waals surface area contributed by atoms with Crippen molar-refractivity contribution in [1.29, 1.82) is 0 Å². The maximum Gasteiger partial charge on any atom is 0.173 e. The zero-order chi connectivity index (χ0) is 12.3. The topological polar surface area (TPSA) is 42.9 Å². The third-order valence-corrected chi connectivity index (χ3v) is 2.89. The minimum atomic E-state index is -0.344. The Morgan fingerprint density at radius 1 is 1.29 bits per heavy atom. The average molecular weight is 247 g/mol. The molecule has 2 rings (SSSR count). The lowest BCUT2D eigenvalue weighted by Crippen LogP contribution is -2.11. The van der Waals surface area contributed by atoms with Crippen LogP contribution in [0.1, 0.15) is 28.9 Å². The van der Waals surface area contributed by atoms with Crippen LogP contribution in [-0.4, -0.2) is 15.8 Å². The van der Waals surface area contributed by atoms with E-state index in [1.54, 1.807) is 49.8 Å². The lowest BCUT2D eigenvalue weighted by molar-refractivity contribution is 0.0964. The molecule has 1 atom stereocenters. The van der Waals surface area contributed by atoms with E-state index >= 15 is 0 Å². The van der Waals surface area contributed by atoms with Gasteiger partial charge in [0, 0.05) is 24.2 Å². The number of hydrogen-bond acceptors (Lipinski definition) is 3. The van der Waals surface area contributed by atoms with Crippen LogP contribution in [0.15, 0.2) is 42.9 Å². The van der Waals surface area contributed by atoms with E-state index in [4.69, 9.17) is 11.6 Å². The fraction of sp³-hybridized carbons (Fsp3) is 0.154. The van der Waals surface area contributed by atoms with E-state index in [1.165, 1.54) is 0 Å². The molecule has 17 heavy (non-hydrogen) atoms. The van der Waals surface area contributed by atoms with Crippen LogP contribution in [0, 0.1) is 0 Å². The number of ketones is 1. The molecule has 0 fully saturated rings. The van der Waals surface area contributed by atoms with Gasteiger partial charge in [-0.3, -0.25) is 14.8 Å². The van der Waals surface area contributed by atoms with Crippen LogP contribution < -0.4 is 0 Å². The summed E-state index contributed by atoms with van der Waals surface area (Å²) in [4.78, 5) is 20.3. The van der Waals surface area contributed by atoms with Crippen LogP contribution in [0.4, 0.5) is 0 Å². The predicted molar refractivity (Wildman–Crippen MR) is 66.2 cm³/mol. The number of carbonyl (C=O) groups is 1. The van der Waals surface area contributed by atoms with Gasteiger partial charge in [0.25, 0.3) is 0 Å². The molecule has 4 heteroatoms. The number of rotatable bonds is 3. The summed E-state index contributed by atoms with van der Waals surface area (Å²) in [5, 5.41) is 0.466. The van der Waals surface area contributed by atoms with Crippen molar-refractivity contribution < 1.29 is 4.79 Å². The molecule has 0 bridgehead atoms. The molecule has 0 amide bonds. The Morgan fingerprint density at radius 3 is 2.71 bits per heavy atom. The molecule has 3 nitrogen and oxygen atoms in total. The highest BCUT2D eigenvalue weighted by Gasteiger charge is 2.20. The molecule has 2 aromatic rings. The molecule has 1 aromatic carbocycles. The zero-order valence-corrected chi connectivity index (χ0v) is 10.1. The van der Waals surface area contributed by atoms with E-state index in [1.807, 2.05) is 0 Å². The number of carbonyl (C=O) groups excluding carboxylic acids is 1. The summed E-state index contributed by atoms with van der Waals surface area (Å²) in [6, 6.07) is 7.02. The van der Waals surface area contributed by atoms with E-state index < -0.39 is 0 Å². The molecule has 0 N–H and O–H groups in total. The Kier molecular flexibility index (Phi) is 3.49. The van der Waals surface area contributed by atoms with E-state index in [-0.39, 0.29) is 11.7 Å². The van der Waals surface area contributed by atoms with Gasteiger partial charge in [0.1, 0.15) is 0 Å². The first-order valence-electron chi connectivity index (χ1n) is 5.25. The van der Waals surface area contributed by atoms with Crippen molar-refractivity contribution in [3.05, 3.63) is 59.1 Å². The van der Waals surface area contributed by atoms with Crippen LogP contribution in [0.3, 0.4) is 0 Å². The number of aromatic nitrogens is 2. The molecular formula is C13H11ClN2O. The SMILES string of the molecule is CC(C(=O)c1ccccc1Cl)c1cnccn1. The van der Waals surface area contributed by atoms with Crippen molar-refractivity contribution in [3.8, 4) is 0 Å². The first-order chi connectivity index (χ1) is 8.20. The van der Waals surface area contributed by atoms with Gasteiger partial charge in [0.15, 0.2) is 5.78 Å². The highest BCUT2D eigenvalue weighted by atomic mass is 35.5. The van der Waals surface area contributed by atoms with Crippen molar-refractivity contribution in [3.63, 3.8) is 0 Å². The summed E-state index contributed by atoms with van der Waals surface area (Å²) < 4.78 is 0. The van der Waals surface area contributed by atoms with Crippen LogP contribution in [-0.2, 0) is 0 Å². The van der Waals surface area contributed by atoms with Crippen LogP contribution in [0.2, 0.25) is 5.02 Å². The molecule has 86 valence electrons. The molecular weight excluding hydrogens is 236 g/mol. The third kappa shape index (κ3) is 2.50. The molecule has 0 aliphatic carbocycles. The van der Waals surface area contributed by atoms with E-state index in [2.05, 4.69) is 9.97 Å². The Bertz CT molecular complexity index is 528. The Morgan fingerprint density at radius 2 is 2.06 bits per heavy atom. The van der Waals surface area contributed by atoms with Gasteiger partial charge in [-0.1, -0.05) is 23.7 Å². The fourth-order valence-corrected chi connectivity index (χ4v) is 1.79. The maximum absolute atomic E-state index is 12.2. The molecule has 0 radical (unpaired) electrons. The average Bonchev–Trinajstić information content (AvgIpc) is 2.39. The van der Waals surface area contributed by atoms with E-state index in [0.717, 1.165) is 0 Å². The largest absolute Gasteiger partial charge is 0.293 e. The van der Waals surface area contributed by atoms with Gasteiger partial charge in [-0.15, -0.1) is 0 Å². The quantitative estimate of drug-likeness (QED) is 0.782. The predicted octanol–water partition coefficient (Wildman–Crippen LogP) is 3.12. The minimum absolute atomic E-state index is 0.0453. The van der Waals surface area contributed by atoms with Gasteiger partial charge in [-0.25, -0.2) is 0 Å². The standard InChI is InChI=1S/C13H11ClN2O/c1-9(12-8-15-6-7-16-12)13(17)10-4-2-3-5-11(10)14/h2-9H,1H3. The normalized spacial score (nSPS) is 12.1. The Hall–Kier alpha value is -1.74. The van der Waals surface area contributed by atoms with Crippen molar-refractivity contribution in [2.24, 2.45) is 0 Å². The van der Waals surface area contributed by atoms with Gasteiger partial charge in [0.2, 0.25) is 0 Å². The van der Waals surface area contributed by atoms with Crippen molar-refractivity contribution in [2.45, 2.75) is 12.8 Å². The second kappa shape index (κ2) is 5.06. The molecule has 0 saturated heterocycles. The van der Waals surface area contributed by atoms with Crippen molar-refractivity contribution in [2.75, 3.05) is 0 Å². The van der Waals surface area contributed by atoms with E-state index in [0.29, 0.717) is 16.3 Å². The van der Waals surface area contributed by atoms with Crippen LogP contribution in [0.5, 0.6) is 0 Å². The van der Waals surface area contributed by atoms with E-state index in [9.17, 15) is 4.79 Å². The molecule has 1 aromatic heterocycles. The molecule has 0 aliphatic heterocycles. The van der Waals surface area contributed by atoms with Gasteiger partial charge < -0.3 is 0 Å². The summed E-state index contributed by atoms with van der Waals surface area (Å²) in [6.07, 6.45) is 4.75. The van der Waals surface area contributed by atoms with Crippen molar-refractivity contribution >= 4 is 17.4 Å². The van der Waals surface area contributed by atoms with Gasteiger partial charge in [-0.2, -0.15) is 0 Å². The number of nitrogens with zero attached hydrogens (tertiary/aromatic N) is 2. The summed E-state index contributed by atoms with van der Waals surface area (Å²) in [5.74, 6) is -0.389. The Balaban J connectivity index is 2.30. The number of hydrogen-bond donors (Lipinski definition) is 0. The number of halogens is 1. The number of Topliss-reactive ketones (excluding diaryl/α,β-unsaturated/α-hetero) is 1. The highest BCUT2D eigenvalue weighted by molar-refractivity contribution is 6.34. The smallest absolute Gasteiger partial charge is 0.173 e. The van der Waals surface area contributed by atoms with Gasteiger partial charge in [0.05, 0.1) is 16.6 Å². The second-order valence-electron chi connectivity index (χ2n) is 3.70. The lowest BCUT2D eigenvalue weighted by Gasteiger charge is -2.10. The third-order valence-electron chi connectivity index (χ3n) is 2.56. The Labute approximate surface area is 104 Å². The van der Waals surface area contributed by atoms with Crippen molar-refractivity contribution in [1.82, 2.24) is 9.97 Å². The first kappa shape index (κ1) is 11.7. The fourth-order valence-electron chi connectivity index (χ4n) is 1.56. The monoisotopic (exact) mass is 246 g/mol. The first-order valence-corrected chi connectivity index (χ1v) is 5.62. The molecule has 0 aliphatic rings. The molecule has 1 heterocycles. The van der Waals surface area contributed by atoms with Crippen LogP contribution in [0.25, 0.3) is 0 Å². The minimum Gasteiger partial charge on any atom is -0.293 e. The summed E-state index contributed by atoms with van der Waals surface area (Å²) in [6.45, 7) is 1.80. The van der Waals surface area contributed by atoms with Gasteiger partial charge in [-0.05, 0) is 19.1 Å². The molecule has 1 unspecified atom stereocenters. The lowest BCUT2D eigenvalue weighted by atomic mass is 9.97. The zero-order valence-electron chi connectivity index (χ0n) is 9.30. The van der Waals surface area contributed by atoms with Crippen LogP contribution >= 0.6 is 11.6 Å². The summed E-state index contributed by atoms with van der Waals surface area (Å²) >= 11 is 5.99. The number of benzene rings is 1. The highest BCUT2D eigenvalue weighted by Crippen LogP contribution is 2.23. The van der Waals surface area contributed by atoms with Gasteiger partial charge >= 0.3 is 0 Å². The second-order valence-corrected chi connectivity index (χ2v) is 4.10. The molecule has 0 saturated carbocycles. The molecule has 0 spiro atoms.